The van der Waals surface area contributed by atoms with Crippen LogP contribution in [-0.2, 0) is 33.3 Å². The van der Waals surface area contributed by atoms with Gasteiger partial charge in [0.15, 0.2) is 10.8 Å². The van der Waals surface area contributed by atoms with E-state index in [-0.39, 0.29) is 40.0 Å². The summed E-state index contributed by atoms with van der Waals surface area (Å²) in [6.45, 7) is 12.9. The van der Waals surface area contributed by atoms with Crippen molar-refractivity contribution in [2.45, 2.75) is 79.6 Å². The molecule has 2 aromatic rings. The van der Waals surface area contributed by atoms with Crippen LogP contribution < -0.4 is 15.5 Å². The zero-order valence-corrected chi connectivity index (χ0v) is 35.6. The van der Waals surface area contributed by atoms with Crippen LogP contribution in [0, 0.1) is 53.8 Å². The molecule has 0 aliphatic rings. The summed E-state index contributed by atoms with van der Waals surface area (Å²) in [5.74, 6) is -1.94. The molecular formula is C41H57N9O8S. The van der Waals surface area contributed by atoms with E-state index in [1.807, 2.05) is 30.0 Å². The number of carboxylic acid groups (broad SMARTS) is 1. The highest BCUT2D eigenvalue weighted by molar-refractivity contribution is 7.16. The predicted octanol–water partition coefficient (Wildman–Crippen LogP) is 6.77. The van der Waals surface area contributed by atoms with Gasteiger partial charge in [-0.1, -0.05) is 31.9 Å². The fourth-order valence-electron chi connectivity index (χ4n) is 5.53. The molecule has 2 rings (SSSR count). The van der Waals surface area contributed by atoms with Crippen molar-refractivity contribution in [3.8, 4) is 18.2 Å². The van der Waals surface area contributed by atoms with Crippen LogP contribution in [0.4, 0.5) is 22.3 Å². The van der Waals surface area contributed by atoms with Gasteiger partial charge in [-0.25, -0.2) is 4.98 Å². The van der Waals surface area contributed by atoms with E-state index in [4.69, 9.17) is 18.9 Å². The number of nitrogens with one attached hydrogen (secondary N) is 2. The van der Waals surface area contributed by atoms with Gasteiger partial charge in [-0.15, -0.1) is 21.6 Å². The van der Waals surface area contributed by atoms with Gasteiger partial charge in [-0.3, -0.25) is 14.4 Å². The van der Waals surface area contributed by atoms with Gasteiger partial charge in [-0.2, -0.15) is 15.8 Å². The second-order valence-electron chi connectivity index (χ2n) is 13.3. The zero-order chi connectivity index (χ0) is 43.4. The molecule has 17 nitrogen and oxygen atoms in total. The number of anilines is 2. The number of carboxylic acids is 1. The number of hydrogen-bond acceptors (Lipinski definition) is 15. The number of ether oxygens (including phenoxy) is 4. The second kappa shape index (κ2) is 29.0. The Kier molecular flexibility index (Phi) is 24.5. The van der Waals surface area contributed by atoms with E-state index < -0.39 is 17.8 Å². The Labute approximate surface area is 351 Å². The minimum Gasteiger partial charge on any atom is -0.481 e. The Morgan fingerprint density at radius 3 is 2.08 bits per heavy atom. The summed E-state index contributed by atoms with van der Waals surface area (Å²) >= 11 is 1.03. The van der Waals surface area contributed by atoms with Gasteiger partial charge in [0.05, 0.1) is 63.3 Å². The van der Waals surface area contributed by atoms with Gasteiger partial charge in [0.1, 0.15) is 34.6 Å². The van der Waals surface area contributed by atoms with E-state index in [9.17, 15) is 35.3 Å². The first-order valence-electron chi connectivity index (χ1n) is 19.8. The summed E-state index contributed by atoms with van der Waals surface area (Å²) in [4.78, 5) is 42.6. The van der Waals surface area contributed by atoms with E-state index in [1.165, 1.54) is 6.92 Å². The van der Waals surface area contributed by atoms with E-state index >= 15 is 0 Å². The van der Waals surface area contributed by atoms with E-state index in [2.05, 4.69) is 44.9 Å². The van der Waals surface area contributed by atoms with E-state index in [0.29, 0.717) is 107 Å². The zero-order valence-electron chi connectivity index (χ0n) is 34.8. The number of likely N-dealkylation sites (N-methyl/N-ethyl adjacent to an activating group) is 1. The predicted molar refractivity (Wildman–Crippen MR) is 223 cm³/mol. The molecule has 2 amide bonds. The molecule has 2 aromatic heterocycles. The first-order chi connectivity index (χ1) is 28.5. The molecule has 0 spiro atoms. The number of carbonyl (C=O) groups excluding carboxylic acids is 2. The maximum atomic E-state index is 12.2. The molecule has 18 heteroatoms. The van der Waals surface area contributed by atoms with Gasteiger partial charge in [0.2, 0.25) is 11.8 Å². The number of azo groups is 1. The van der Waals surface area contributed by atoms with Crippen LogP contribution in [0.25, 0.3) is 0 Å². The number of thiophene rings is 1. The third kappa shape index (κ3) is 18.0. The number of carbonyl (C=O) groups is 3. The van der Waals surface area contributed by atoms with Crippen molar-refractivity contribution in [1.29, 1.82) is 15.8 Å². The number of aliphatic carboxylic acids is 1. The van der Waals surface area contributed by atoms with Crippen LogP contribution in [0.2, 0.25) is 0 Å². The monoisotopic (exact) mass is 835 g/mol. The topological polar surface area (TPSA) is 245 Å². The Hall–Kier alpha value is -5.29. The van der Waals surface area contributed by atoms with E-state index in [0.717, 1.165) is 37.0 Å². The number of rotatable bonds is 30. The Morgan fingerprint density at radius 1 is 0.864 bits per heavy atom. The summed E-state index contributed by atoms with van der Waals surface area (Å²) in [5.41, 5.74) is 1.58. The number of nitrogens with zero attached hydrogens (tertiary/aromatic N) is 7. The van der Waals surface area contributed by atoms with Crippen molar-refractivity contribution in [2.75, 3.05) is 82.7 Å². The molecule has 0 radical (unpaired) electrons. The quantitative estimate of drug-likeness (QED) is 0.0419. The Morgan fingerprint density at radius 2 is 1.51 bits per heavy atom. The maximum absolute atomic E-state index is 12.2. The number of allylic oxidation sites excluding steroid dienone is 2. The lowest BCUT2D eigenvalue weighted by atomic mass is 10.0. The van der Waals surface area contributed by atoms with Gasteiger partial charge < -0.3 is 39.6 Å². The van der Waals surface area contributed by atoms with Gasteiger partial charge in [-0.05, 0) is 52.0 Å². The standard InChI is InChI=1S/C41H57N9O8S/c1-6-8-9-10-11-12-14-32(41(53)54)25-36(52)45-15-13-17-55-19-21-57-23-24-58-22-20-56-18-16-50(7-2)39-33(26-42)30(4)37(38(47-39)46-31(5)51)48-49-40-34(27-43)29(3)35(28-44)59-40/h11-12,32H,6-10,13-25H2,1-5H3,(H,45,52)(H,53,54)(H,46,47,51)/b12-11+,49-48+. The van der Waals surface area contributed by atoms with E-state index in [1.54, 1.807) is 13.8 Å². The fraction of sp³-hybridized carbons (Fsp3) is 0.585. The SMILES string of the molecule is CCCCC/C=C/CC(CC(=O)NCCCOCCOCCOCCOCCN(CC)c1nc(NC(C)=O)c(/N=N/c2sc(C#N)c(C)c2C#N)c(C)c1C#N)C(=O)O. The van der Waals surface area contributed by atoms with Crippen LogP contribution >= 0.6 is 11.3 Å². The molecule has 0 aromatic carbocycles. The molecule has 0 saturated carbocycles. The van der Waals surface area contributed by atoms with Crippen LogP contribution in [0.15, 0.2) is 22.4 Å². The van der Waals surface area contributed by atoms with Gasteiger partial charge in [0, 0.05) is 45.1 Å². The largest absolute Gasteiger partial charge is 0.481 e. The smallest absolute Gasteiger partial charge is 0.307 e. The maximum Gasteiger partial charge on any atom is 0.307 e. The summed E-state index contributed by atoms with van der Waals surface area (Å²) < 4.78 is 22.4. The lowest BCUT2D eigenvalue weighted by molar-refractivity contribution is -0.143. The molecule has 0 fully saturated rings. The molecule has 320 valence electrons. The summed E-state index contributed by atoms with van der Waals surface area (Å²) in [7, 11) is 0. The third-order valence-electron chi connectivity index (χ3n) is 8.82. The van der Waals surface area contributed by atoms with Crippen molar-refractivity contribution >= 4 is 51.4 Å². The molecule has 0 bridgehead atoms. The fourth-order valence-corrected chi connectivity index (χ4v) is 6.41. The lowest BCUT2D eigenvalue weighted by Crippen LogP contribution is -2.30. The number of nitriles is 3. The normalized spacial score (nSPS) is 11.6. The third-order valence-corrected chi connectivity index (χ3v) is 9.90. The molecule has 1 unspecified atom stereocenters. The summed E-state index contributed by atoms with van der Waals surface area (Å²) in [6, 6.07) is 6.29. The highest BCUT2D eigenvalue weighted by atomic mass is 32.1. The average Bonchev–Trinajstić information content (AvgIpc) is 3.52. The lowest BCUT2D eigenvalue weighted by Gasteiger charge is -2.25. The number of aromatic nitrogens is 1. The molecular weight excluding hydrogens is 779 g/mol. The highest BCUT2D eigenvalue weighted by Gasteiger charge is 2.23. The highest BCUT2D eigenvalue weighted by Crippen LogP contribution is 2.39. The molecule has 1 atom stereocenters. The van der Waals surface area contributed by atoms with Crippen molar-refractivity contribution in [1.82, 2.24) is 10.3 Å². The van der Waals surface area contributed by atoms with Crippen molar-refractivity contribution in [3.63, 3.8) is 0 Å². The molecule has 2 heterocycles. The van der Waals surface area contributed by atoms with Crippen LogP contribution in [0.3, 0.4) is 0 Å². The van der Waals surface area contributed by atoms with Gasteiger partial charge >= 0.3 is 5.97 Å². The number of pyridine rings is 1. The number of amides is 2. The van der Waals surface area contributed by atoms with Crippen LogP contribution in [0.1, 0.15) is 92.8 Å². The summed E-state index contributed by atoms with van der Waals surface area (Å²) in [5, 5.41) is 52.7. The molecule has 0 saturated heterocycles. The number of hydrogen-bond donors (Lipinski definition) is 3. The second-order valence-corrected chi connectivity index (χ2v) is 14.3. The Balaban J connectivity index is 1.68. The van der Waals surface area contributed by atoms with Crippen molar-refractivity contribution in [3.05, 3.63) is 39.3 Å². The molecule has 0 aliphatic heterocycles. The van der Waals surface area contributed by atoms with Crippen molar-refractivity contribution in [2.24, 2.45) is 16.1 Å². The number of unbranched alkanes of at least 4 members (excludes halogenated alkanes) is 3. The first-order valence-corrected chi connectivity index (χ1v) is 20.6. The summed E-state index contributed by atoms with van der Waals surface area (Å²) in [6.07, 6.45) is 9.03. The first kappa shape index (κ1) is 49.9. The average molecular weight is 836 g/mol. The minimum absolute atomic E-state index is 0.0532. The van der Waals surface area contributed by atoms with Crippen LogP contribution in [-0.4, -0.2) is 100 Å². The van der Waals surface area contributed by atoms with Gasteiger partial charge in [0.25, 0.3) is 0 Å². The molecule has 0 aliphatic carbocycles. The molecule has 3 N–H and O–H groups in total. The van der Waals surface area contributed by atoms with Crippen molar-refractivity contribution < 1.29 is 38.4 Å². The van der Waals surface area contributed by atoms with Crippen LogP contribution in [0.5, 0.6) is 0 Å². The molecule has 59 heavy (non-hydrogen) atoms. The Bertz CT molecular complexity index is 1850. The minimum atomic E-state index is -0.969.